The van der Waals surface area contributed by atoms with Gasteiger partial charge in [-0.3, -0.25) is 9.59 Å². The van der Waals surface area contributed by atoms with Crippen LogP contribution in [-0.4, -0.2) is 15.7 Å². The lowest BCUT2D eigenvalue weighted by Gasteiger charge is -2.09. The van der Waals surface area contributed by atoms with Gasteiger partial charge in [0.2, 0.25) is 5.71 Å². The Balaban J connectivity index is 1.88. The van der Waals surface area contributed by atoms with Crippen LogP contribution in [0.2, 0.25) is 0 Å². The van der Waals surface area contributed by atoms with Crippen LogP contribution in [0.5, 0.6) is 0 Å². The highest BCUT2D eigenvalue weighted by molar-refractivity contribution is 6.06. The molecule has 0 aliphatic heterocycles. The molecule has 1 amide bonds. The van der Waals surface area contributed by atoms with Crippen molar-refractivity contribution in [3.8, 4) is 0 Å². The van der Waals surface area contributed by atoms with Gasteiger partial charge in [0.1, 0.15) is 17.5 Å². The smallest absolute Gasteiger partial charge is 0.416 e. The zero-order chi connectivity index (χ0) is 19.1. The van der Waals surface area contributed by atoms with E-state index >= 15 is 0 Å². The second-order valence-electron chi connectivity index (χ2n) is 5.46. The highest BCUT2D eigenvalue weighted by Gasteiger charge is 2.30. The molecule has 136 valence electrons. The van der Waals surface area contributed by atoms with Gasteiger partial charge in [-0.1, -0.05) is 16.6 Å². The summed E-state index contributed by atoms with van der Waals surface area (Å²) in [6, 6.07) is 4.44. The fourth-order valence-corrected chi connectivity index (χ4v) is 2.48. The first-order valence-corrected chi connectivity index (χ1v) is 7.29. The van der Waals surface area contributed by atoms with Gasteiger partial charge < -0.3 is 9.73 Å². The van der Waals surface area contributed by atoms with E-state index < -0.39 is 23.2 Å². The molecule has 1 N–H and O–H groups in total. The van der Waals surface area contributed by atoms with E-state index in [0.717, 1.165) is 12.1 Å². The zero-order valence-electron chi connectivity index (χ0n) is 13.2. The number of benzene rings is 1. The molecule has 6 nitrogen and oxygen atoms in total. The van der Waals surface area contributed by atoms with Gasteiger partial charge in [-0.25, -0.2) is 0 Å². The highest BCUT2D eigenvalue weighted by atomic mass is 19.4. The maximum absolute atomic E-state index is 13.4. The van der Waals surface area contributed by atoms with Crippen molar-refractivity contribution in [3.05, 3.63) is 63.4 Å². The lowest BCUT2D eigenvalue weighted by Crippen LogP contribution is -2.25. The molecule has 0 spiro atoms. The quantitative estimate of drug-likeness (QED) is 0.720. The van der Waals surface area contributed by atoms with E-state index in [1.165, 1.54) is 19.1 Å². The lowest BCUT2D eigenvalue weighted by atomic mass is 10.1. The molecular weight excluding hydrogens is 358 g/mol. The molecule has 0 bridgehead atoms. The molecule has 0 unspecified atom stereocenters. The third-order valence-electron chi connectivity index (χ3n) is 3.68. The van der Waals surface area contributed by atoms with Crippen molar-refractivity contribution in [1.82, 2.24) is 15.1 Å². The van der Waals surface area contributed by atoms with E-state index in [4.69, 9.17) is 4.42 Å². The van der Waals surface area contributed by atoms with Gasteiger partial charge in [-0.2, -0.15) is 18.2 Å². The van der Waals surface area contributed by atoms with Crippen LogP contribution in [-0.2, 0) is 12.7 Å². The van der Waals surface area contributed by atoms with E-state index in [0.29, 0.717) is 6.33 Å². The Bertz CT molecular complexity index is 1050. The van der Waals surface area contributed by atoms with E-state index in [2.05, 4.69) is 10.3 Å². The minimum absolute atomic E-state index is 0.0392. The SMILES string of the molecule is Cc1oc2ncn(F)c(=O)c2c1C(=O)NCc1cccc(C(F)(F)F)c1. The molecule has 26 heavy (non-hydrogen) atoms. The number of fused-ring (bicyclic) bond motifs is 1. The number of nitrogens with zero attached hydrogens (tertiary/aromatic N) is 2. The van der Waals surface area contributed by atoms with Crippen LogP contribution in [0.3, 0.4) is 0 Å². The first-order chi connectivity index (χ1) is 12.2. The number of amides is 1. The summed E-state index contributed by atoms with van der Waals surface area (Å²) in [6.07, 6.45) is -3.90. The van der Waals surface area contributed by atoms with Gasteiger partial charge in [-0.15, -0.1) is 4.79 Å². The van der Waals surface area contributed by atoms with Crippen LogP contribution in [0.15, 0.2) is 39.8 Å². The third kappa shape index (κ3) is 3.17. The van der Waals surface area contributed by atoms with Crippen molar-refractivity contribution >= 4 is 17.0 Å². The number of rotatable bonds is 3. The summed E-state index contributed by atoms with van der Waals surface area (Å²) in [5.41, 5.74) is -2.17. The fourth-order valence-electron chi connectivity index (χ4n) is 2.48. The first kappa shape index (κ1) is 17.6. The number of carbonyl (C=O) groups excluding carboxylic acids is 1. The Labute approximate surface area is 143 Å². The zero-order valence-corrected chi connectivity index (χ0v) is 13.2. The number of halogens is 4. The normalized spacial score (nSPS) is 11.7. The van der Waals surface area contributed by atoms with E-state index in [-0.39, 0.29) is 39.3 Å². The first-order valence-electron chi connectivity index (χ1n) is 7.29. The number of furan rings is 1. The summed E-state index contributed by atoms with van der Waals surface area (Å²) in [6.45, 7) is 1.17. The maximum atomic E-state index is 13.4. The van der Waals surface area contributed by atoms with Crippen LogP contribution in [0.25, 0.3) is 11.1 Å². The van der Waals surface area contributed by atoms with Crippen LogP contribution in [0.4, 0.5) is 17.7 Å². The summed E-state index contributed by atoms with van der Waals surface area (Å²) in [5, 5.41) is 2.06. The second kappa shape index (κ2) is 6.28. The predicted molar refractivity (Wildman–Crippen MR) is 82.1 cm³/mol. The molecular formula is C16H11F4N3O3. The molecule has 0 aliphatic rings. The van der Waals surface area contributed by atoms with Crippen molar-refractivity contribution in [2.24, 2.45) is 0 Å². The van der Waals surface area contributed by atoms with Crippen LogP contribution in [0.1, 0.15) is 27.2 Å². The molecule has 2 heterocycles. The van der Waals surface area contributed by atoms with Gasteiger partial charge in [-0.05, 0) is 24.6 Å². The number of hydrogen-bond acceptors (Lipinski definition) is 4. The Hall–Kier alpha value is -3.17. The average molecular weight is 369 g/mol. The Morgan fingerprint density at radius 1 is 1.35 bits per heavy atom. The number of hydrogen-bond donors (Lipinski definition) is 1. The number of aryl methyl sites for hydroxylation is 1. The molecule has 0 atom stereocenters. The Kier molecular flexibility index (Phi) is 4.26. The molecule has 0 saturated heterocycles. The van der Waals surface area contributed by atoms with Gasteiger partial charge in [0.05, 0.1) is 11.1 Å². The van der Waals surface area contributed by atoms with Crippen LogP contribution in [0, 0.1) is 6.92 Å². The van der Waals surface area contributed by atoms with E-state index in [1.54, 1.807) is 0 Å². The van der Waals surface area contributed by atoms with Crippen LogP contribution >= 0.6 is 0 Å². The lowest BCUT2D eigenvalue weighted by molar-refractivity contribution is -0.137. The Morgan fingerprint density at radius 3 is 2.77 bits per heavy atom. The summed E-state index contributed by atoms with van der Waals surface area (Å²) in [4.78, 5) is 27.5. The van der Waals surface area contributed by atoms with Gasteiger partial charge in [0, 0.05) is 6.54 Å². The topological polar surface area (TPSA) is 77.1 Å². The van der Waals surface area contributed by atoms with E-state index in [9.17, 15) is 27.2 Å². The monoisotopic (exact) mass is 369 g/mol. The number of alkyl halides is 3. The molecule has 0 fully saturated rings. The van der Waals surface area contributed by atoms with Gasteiger partial charge >= 0.3 is 6.18 Å². The molecule has 2 aromatic heterocycles. The van der Waals surface area contributed by atoms with Gasteiger partial charge in [0.15, 0.2) is 0 Å². The third-order valence-corrected chi connectivity index (χ3v) is 3.68. The van der Waals surface area contributed by atoms with Crippen molar-refractivity contribution in [2.75, 3.05) is 0 Å². The molecule has 10 heteroatoms. The largest absolute Gasteiger partial charge is 0.442 e. The molecule has 1 aromatic carbocycles. The highest BCUT2D eigenvalue weighted by Crippen LogP contribution is 2.29. The fraction of sp³-hybridized carbons (Fsp3) is 0.188. The van der Waals surface area contributed by atoms with Crippen molar-refractivity contribution in [2.45, 2.75) is 19.6 Å². The van der Waals surface area contributed by atoms with Crippen LogP contribution < -0.4 is 10.9 Å². The molecule has 3 aromatic rings. The second-order valence-corrected chi connectivity index (χ2v) is 5.46. The van der Waals surface area contributed by atoms with Crippen molar-refractivity contribution in [1.29, 1.82) is 0 Å². The number of aromatic nitrogens is 2. The van der Waals surface area contributed by atoms with E-state index in [1.807, 2.05) is 0 Å². The molecule has 0 saturated carbocycles. The summed E-state index contributed by atoms with van der Waals surface area (Å²) < 4.78 is 56.7. The average Bonchev–Trinajstić information content (AvgIpc) is 2.92. The van der Waals surface area contributed by atoms with Gasteiger partial charge in [0.25, 0.3) is 11.5 Å². The van der Waals surface area contributed by atoms with Crippen molar-refractivity contribution in [3.63, 3.8) is 0 Å². The minimum atomic E-state index is -4.50. The number of nitrogens with one attached hydrogen (secondary N) is 1. The summed E-state index contributed by atoms with van der Waals surface area (Å²) in [5.74, 6) is -0.749. The molecule has 0 aliphatic carbocycles. The van der Waals surface area contributed by atoms with Crippen molar-refractivity contribution < 1.29 is 26.9 Å². The molecule has 3 rings (SSSR count). The Morgan fingerprint density at radius 2 is 2.08 bits per heavy atom. The standard InChI is InChI=1S/C16H11F4N3O3/c1-8-11(12-14(26-8)22-7-23(20)15(12)25)13(24)21-6-9-3-2-4-10(5-9)16(17,18)19/h2-5,7H,6H2,1H3,(H,21,24). The minimum Gasteiger partial charge on any atom is -0.442 e. The number of carbonyl (C=O) groups is 1. The predicted octanol–water partition coefficient (Wildman–Crippen LogP) is 2.98. The summed E-state index contributed by atoms with van der Waals surface area (Å²) >= 11 is 0. The summed E-state index contributed by atoms with van der Waals surface area (Å²) in [7, 11) is 0. The molecule has 0 radical (unpaired) electrons. The maximum Gasteiger partial charge on any atom is 0.416 e.